The van der Waals surface area contributed by atoms with Gasteiger partial charge in [-0.3, -0.25) is 14.1 Å². The molecule has 0 fully saturated rings. The predicted octanol–water partition coefficient (Wildman–Crippen LogP) is 0.455. The van der Waals surface area contributed by atoms with Gasteiger partial charge in [-0.05, 0) is 0 Å². The van der Waals surface area contributed by atoms with Crippen molar-refractivity contribution in [1.82, 2.24) is 0 Å². The molecule has 0 aromatic carbocycles. The first-order valence-electron chi connectivity index (χ1n) is 0. The van der Waals surface area contributed by atoms with Gasteiger partial charge in [0.1, 0.15) is 0 Å². The molecule has 0 bridgehead atoms. The van der Waals surface area contributed by atoms with E-state index in [9.17, 15) is 0 Å². The van der Waals surface area contributed by atoms with Crippen LogP contribution in [0, 0.1) is 0 Å². The number of hydrogen-bond acceptors (Lipinski definition) is 0. The summed E-state index contributed by atoms with van der Waals surface area (Å²) in [7, 11) is 0. The maximum atomic E-state index is 0. The summed E-state index contributed by atoms with van der Waals surface area (Å²) in [5.74, 6) is 0. The van der Waals surface area contributed by atoms with Crippen molar-refractivity contribution in [2.75, 3.05) is 0 Å². The van der Waals surface area contributed by atoms with Crippen LogP contribution in [0.2, 0.25) is 0 Å². The smallest absolute Gasteiger partial charge is 0 e. The Morgan fingerprint density at radius 1 is 0.500 bits per heavy atom. The average molecular weight is 149 g/mol. The number of hydrogen-bond donors (Lipinski definition) is 0. The Morgan fingerprint density at radius 3 is 0.500 bits per heavy atom. The van der Waals surface area contributed by atoms with Crippen molar-refractivity contribution in [3.05, 3.63) is 0 Å². The van der Waals surface area contributed by atoms with Crippen molar-refractivity contribution >= 4 is 0 Å². The van der Waals surface area contributed by atoms with Crippen molar-refractivity contribution < 1.29 is 46.8 Å². The molecular weight excluding hydrogens is 146 g/mol. The van der Waals surface area contributed by atoms with Gasteiger partial charge >= 0.3 is 0 Å². The van der Waals surface area contributed by atoms with Crippen molar-refractivity contribution in [3.63, 3.8) is 0 Å². The van der Waals surface area contributed by atoms with E-state index in [1.165, 1.54) is 0 Å². The van der Waals surface area contributed by atoms with Crippen molar-refractivity contribution in [1.29, 1.82) is 0 Å². The van der Waals surface area contributed by atoms with E-state index in [4.69, 9.17) is 0 Å². The van der Waals surface area contributed by atoms with Crippen LogP contribution in [0.4, 0.5) is 14.1 Å². The van der Waals surface area contributed by atoms with Gasteiger partial charge in [-0.15, -0.1) is 0 Å². The van der Waals surface area contributed by atoms with Gasteiger partial charge in [0.15, 0.2) is 0 Å². The van der Waals surface area contributed by atoms with Crippen molar-refractivity contribution in [2.24, 2.45) is 0 Å². The summed E-state index contributed by atoms with van der Waals surface area (Å²) >= 11 is 0. The van der Waals surface area contributed by atoms with Gasteiger partial charge in [-0.1, -0.05) is 0 Å². The molecule has 0 aliphatic heterocycles. The molecule has 0 atom stereocenters. The molecular formula is H3F3Y. The van der Waals surface area contributed by atoms with Gasteiger partial charge < -0.3 is 0 Å². The van der Waals surface area contributed by atoms with E-state index in [2.05, 4.69) is 0 Å². The van der Waals surface area contributed by atoms with Crippen LogP contribution in [-0.2, 0) is 32.7 Å². The Morgan fingerprint density at radius 2 is 0.500 bits per heavy atom. The summed E-state index contributed by atoms with van der Waals surface area (Å²) in [5, 5.41) is 0. The predicted molar refractivity (Wildman–Crippen MR) is 7.51 cm³/mol. The normalized spacial score (nSPS) is 0. The Balaban J connectivity index is 0. The zero-order chi connectivity index (χ0) is 0. The SMILES string of the molecule is F.F.F.[Y]. The van der Waals surface area contributed by atoms with E-state index in [-0.39, 0.29) is 46.8 Å². The van der Waals surface area contributed by atoms with E-state index in [0.717, 1.165) is 0 Å². The fraction of sp³-hybridized carbons (Fsp3) is 0. The third kappa shape index (κ3) is 13.0. The van der Waals surface area contributed by atoms with Gasteiger partial charge in [0.25, 0.3) is 0 Å². The summed E-state index contributed by atoms with van der Waals surface area (Å²) in [6.45, 7) is 0. The quantitative estimate of drug-likeness (QED) is 0.469. The van der Waals surface area contributed by atoms with Crippen LogP contribution < -0.4 is 0 Å². The van der Waals surface area contributed by atoms with Gasteiger partial charge in [-0.2, -0.15) is 0 Å². The van der Waals surface area contributed by atoms with Crippen molar-refractivity contribution in [3.8, 4) is 0 Å². The molecule has 1 radical (unpaired) electrons. The molecule has 4 heavy (non-hydrogen) atoms. The standard InChI is InChI=1S/3FH.Y/h3*1H;. The molecule has 0 aromatic heterocycles. The van der Waals surface area contributed by atoms with Gasteiger partial charge in [0.05, 0.1) is 0 Å². The third-order valence-electron chi connectivity index (χ3n) is 0. The van der Waals surface area contributed by atoms with Crippen LogP contribution in [0.3, 0.4) is 0 Å². The Hall–Kier alpha value is 0.894. The third-order valence-corrected chi connectivity index (χ3v) is 0. The van der Waals surface area contributed by atoms with Crippen LogP contribution in [-0.4, -0.2) is 0 Å². The van der Waals surface area contributed by atoms with Gasteiger partial charge in [-0.25, -0.2) is 0 Å². The summed E-state index contributed by atoms with van der Waals surface area (Å²) in [6, 6.07) is 0. The monoisotopic (exact) mass is 149 g/mol. The molecule has 0 unspecified atom stereocenters. The molecule has 0 amide bonds. The minimum atomic E-state index is 0. The molecule has 0 saturated heterocycles. The van der Waals surface area contributed by atoms with E-state index in [1.807, 2.05) is 0 Å². The molecule has 0 aromatic rings. The molecule has 27 valence electrons. The van der Waals surface area contributed by atoms with Crippen molar-refractivity contribution in [2.45, 2.75) is 0 Å². The zero-order valence-corrected chi connectivity index (χ0v) is 4.64. The van der Waals surface area contributed by atoms with E-state index in [0.29, 0.717) is 0 Å². The fourth-order valence-corrected chi connectivity index (χ4v) is 0. The fourth-order valence-electron chi connectivity index (χ4n) is 0. The molecule has 0 heterocycles. The maximum Gasteiger partial charge on any atom is 0 e. The largest absolute Gasteiger partial charge is 0.269 e. The number of rotatable bonds is 0. The molecule has 0 aliphatic carbocycles. The van der Waals surface area contributed by atoms with Crippen LogP contribution in [0.15, 0.2) is 0 Å². The molecule has 0 rings (SSSR count). The van der Waals surface area contributed by atoms with E-state index in [1.54, 1.807) is 0 Å². The molecule has 0 N–H and O–H groups in total. The molecule has 0 nitrogen and oxygen atoms in total. The van der Waals surface area contributed by atoms with E-state index < -0.39 is 0 Å². The first-order chi connectivity index (χ1) is 0. The van der Waals surface area contributed by atoms with Crippen LogP contribution >= 0.6 is 0 Å². The minimum absolute atomic E-state index is 0. The average Bonchev–Trinajstić information content (AvgIpc) is 0. The second-order valence-electron chi connectivity index (χ2n) is 0. The minimum Gasteiger partial charge on any atom is -0.269 e. The maximum absolute atomic E-state index is 0. The molecule has 0 saturated carbocycles. The number of halogens is 3. The van der Waals surface area contributed by atoms with Crippen LogP contribution in [0.5, 0.6) is 0 Å². The first-order valence-corrected chi connectivity index (χ1v) is 0. The second kappa shape index (κ2) is 40.8. The molecule has 4 heteroatoms. The van der Waals surface area contributed by atoms with Crippen LogP contribution in [0.25, 0.3) is 0 Å². The Kier molecular flexibility index (Phi) is 947. The topological polar surface area (TPSA) is 0 Å². The molecule has 0 aliphatic rings. The summed E-state index contributed by atoms with van der Waals surface area (Å²) in [6.07, 6.45) is 0. The Labute approximate surface area is 46.9 Å². The molecule has 0 spiro atoms. The van der Waals surface area contributed by atoms with Crippen LogP contribution in [0.1, 0.15) is 0 Å². The zero-order valence-electron chi connectivity index (χ0n) is 1.80. The first kappa shape index (κ1) is 92.9. The summed E-state index contributed by atoms with van der Waals surface area (Å²) in [4.78, 5) is 0. The van der Waals surface area contributed by atoms with E-state index >= 15 is 0 Å². The van der Waals surface area contributed by atoms with Gasteiger partial charge in [0, 0.05) is 32.7 Å². The second-order valence-corrected chi connectivity index (χ2v) is 0. The Bertz CT molecular complexity index is 3.25. The summed E-state index contributed by atoms with van der Waals surface area (Å²) in [5.41, 5.74) is 0. The summed E-state index contributed by atoms with van der Waals surface area (Å²) < 4.78 is 0. The van der Waals surface area contributed by atoms with Gasteiger partial charge in [0.2, 0.25) is 0 Å².